The molecular formula is C26H27NO3. The molecule has 4 heteroatoms. The van der Waals surface area contributed by atoms with E-state index in [0.29, 0.717) is 24.3 Å². The molecule has 0 aliphatic rings. The van der Waals surface area contributed by atoms with Crippen LogP contribution in [0, 0.1) is 0 Å². The monoisotopic (exact) mass is 401 g/mol. The summed E-state index contributed by atoms with van der Waals surface area (Å²) in [6, 6.07) is 25.1. The number of para-hydroxylation sites is 1. The zero-order valence-electron chi connectivity index (χ0n) is 17.7. The van der Waals surface area contributed by atoms with E-state index in [0.717, 1.165) is 16.9 Å². The number of aliphatic imine (C=N–C) groups is 1. The second-order valence-electron chi connectivity index (χ2n) is 7.73. The summed E-state index contributed by atoms with van der Waals surface area (Å²) in [4.78, 5) is 17.4. The molecule has 0 aliphatic heterocycles. The third kappa shape index (κ3) is 6.05. The summed E-state index contributed by atoms with van der Waals surface area (Å²) in [7, 11) is 1.65. The number of benzene rings is 3. The van der Waals surface area contributed by atoms with Crippen molar-refractivity contribution in [2.24, 2.45) is 4.99 Å². The average molecular weight is 402 g/mol. The third-order valence-electron chi connectivity index (χ3n) is 4.72. The van der Waals surface area contributed by atoms with Crippen LogP contribution in [0.1, 0.15) is 35.3 Å². The topological polar surface area (TPSA) is 47.9 Å². The summed E-state index contributed by atoms with van der Waals surface area (Å²) in [6.07, 6.45) is 2.13. The van der Waals surface area contributed by atoms with Gasteiger partial charge in [0.2, 0.25) is 5.78 Å². The van der Waals surface area contributed by atoms with Crippen molar-refractivity contribution in [2.75, 3.05) is 7.11 Å². The summed E-state index contributed by atoms with van der Waals surface area (Å²) in [5.41, 5.74) is 2.29. The first-order chi connectivity index (χ1) is 14.5. The van der Waals surface area contributed by atoms with Crippen molar-refractivity contribution in [3.8, 4) is 11.5 Å². The van der Waals surface area contributed by atoms with Gasteiger partial charge in [0.1, 0.15) is 18.1 Å². The first-order valence-corrected chi connectivity index (χ1v) is 9.95. The van der Waals surface area contributed by atoms with Gasteiger partial charge in [-0.2, -0.15) is 0 Å². The lowest BCUT2D eigenvalue weighted by Crippen LogP contribution is -2.21. The Morgan fingerprint density at radius 1 is 0.900 bits per heavy atom. The van der Waals surface area contributed by atoms with Crippen LogP contribution in [-0.4, -0.2) is 24.6 Å². The van der Waals surface area contributed by atoms with E-state index in [-0.39, 0.29) is 5.78 Å². The van der Waals surface area contributed by atoms with Gasteiger partial charge in [-0.05, 0) is 55.7 Å². The molecule has 0 amide bonds. The first-order valence-electron chi connectivity index (χ1n) is 9.95. The summed E-state index contributed by atoms with van der Waals surface area (Å²) >= 11 is 0. The van der Waals surface area contributed by atoms with Crippen molar-refractivity contribution in [2.45, 2.75) is 32.4 Å². The van der Waals surface area contributed by atoms with E-state index in [9.17, 15) is 4.79 Å². The Hall–Kier alpha value is -3.40. The van der Waals surface area contributed by atoms with Gasteiger partial charge < -0.3 is 9.47 Å². The van der Waals surface area contributed by atoms with Gasteiger partial charge in [-0.3, -0.25) is 9.79 Å². The van der Waals surface area contributed by atoms with Crippen molar-refractivity contribution >= 4 is 12.0 Å². The van der Waals surface area contributed by atoms with Gasteiger partial charge >= 0.3 is 0 Å². The Balaban J connectivity index is 1.67. The number of carbonyl (C=O) groups excluding carboxylic acids is 1. The molecular weight excluding hydrogens is 374 g/mol. The number of hydrogen-bond donors (Lipinski definition) is 0. The van der Waals surface area contributed by atoms with Gasteiger partial charge in [-0.1, -0.05) is 54.6 Å². The number of ether oxygens (including phenoxy) is 2. The molecule has 0 aromatic heterocycles. The van der Waals surface area contributed by atoms with Crippen molar-refractivity contribution in [3.63, 3.8) is 0 Å². The van der Waals surface area contributed by atoms with Gasteiger partial charge in [0.05, 0.1) is 24.4 Å². The summed E-state index contributed by atoms with van der Waals surface area (Å²) in [6.45, 7) is 4.43. The van der Waals surface area contributed by atoms with Gasteiger partial charge in [0.15, 0.2) is 0 Å². The highest BCUT2D eigenvalue weighted by atomic mass is 16.5. The van der Waals surface area contributed by atoms with Crippen LogP contribution in [0.4, 0.5) is 0 Å². The molecule has 0 saturated heterocycles. The first kappa shape index (κ1) is 21.3. The fourth-order valence-electron chi connectivity index (χ4n) is 3.12. The Morgan fingerprint density at radius 2 is 1.57 bits per heavy atom. The van der Waals surface area contributed by atoms with Crippen molar-refractivity contribution in [3.05, 3.63) is 95.6 Å². The van der Waals surface area contributed by atoms with Gasteiger partial charge in [-0.25, -0.2) is 0 Å². The molecule has 154 valence electrons. The molecule has 3 rings (SSSR count). The molecule has 0 heterocycles. The molecule has 0 spiro atoms. The van der Waals surface area contributed by atoms with Crippen molar-refractivity contribution < 1.29 is 14.3 Å². The number of methoxy groups -OCH3 is 1. The van der Waals surface area contributed by atoms with Crippen LogP contribution in [0.25, 0.3) is 0 Å². The number of hydrogen-bond acceptors (Lipinski definition) is 4. The average Bonchev–Trinajstić information content (AvgIpc) is 2.77. The lowest BCUT2D eigenvalue weighted by atomic mass is 9.95. The maximum atomic E-state index is 12.8. The van der Waals surface area contributed by atoms with Gasteiger partial charge in [0, 0.05) is 0 Å². The molecule has 0 radical (unpaired) electrons. The highest BCUT2D eigenvalue weighted by Crippen LogP contribution is 2.22. The number of Topliss-reactive ketones (excluding diaryl/α,β-unsaturated/α-hetero) is 1. The van der Waals surface area contributed by atoms with E-state index in [2.05, 4.69) is 4.99 Å². The molecule has 0 fully saturated rings. The van der Waals surface area contributed by atoms with Crippen LogP contribution in [0.3, 0.4) is 0 Å². The molecule has 0 bridgehead atoms. The summed E-state index contributed by atoms with van der Waals surface area (Å²) in [5.74, 6) is 1.22. The van der Waals surface area contributed by atoms with Crippen LogP contribution >= 0.6 is 0 Å². The standard InChI is InChI=1S/C26H27NO3/c1-26(2,17-20-13-15-22(29-3)16-14-20)27-18-24(28)23-11-7-8-12-25(23)30-19-21-9-5-4-6-10-21/h4-16,18H,17,19H2,1-3H3. The lowest BCUT2D eigenvalue weighted by Gasteiger charge is -2.19. The summed E-state index contributed by atoms with van der Waals surface area (Å²) in [5, 5.41) is 0. The molecule has 0 aliphatic carbocycles. The predicted molar refractivity (Wildman–Crippen MR) is 121 cm³/mol. The molecule has 3 aromatic rings. The highest BCUT2D eigenvalue weighted by Gasteiger charge is 2.18. The minimum Gasteiger partial charge on any atom is -0.497 e. The second-order valence-corrected chi connectivity index (χ2v) is 7.73. The molecule has 4 nitrogen and oxygen atoms in total. The predicted octanol–water partition coefficient (Wildman–Crippen LogP) is 5.55. The summed E-state index contributed by atoms with van der Waals surface area (Å²) < 4.78 is 11.1. The zero-order valence-corrected chi connectivity index (χ0v) is 17.7. The Bertz CT molecular complexity index is 992. The molecule has 30 heavy (non-hydrogen) atoms. The second kappa shape index (κ2) is 9.88. The van der Waals surface area contributed by atoms with Gasteiger partial charge in [-0.15, -0.1) is 0 Å². The van der Waals surface area contributed by atoms with E-state index < -0.39 is 5.54 Å². The Labute approximate surface area is 178 Å². The number of carbonyl (C=O) groups is 1. The normalized spacial score (nSPS) is 11.4. The van der Waals surface area contributed by atoms with Crippen LogP contribution in [0.5, 0.6) is 11.5 Å². The van der Waals surface area contributed by atoms with Crippen LogP contribution in [0.15, 0.2) is 83.9 Å². The fourth-order valence-corrected chi connectivity index (χ4v) is 3.12. The molecule has 3 aromatic carbocycles. The van der Waals surface area contributed by atoms with E-state index >= 15 is 0 Å². The fraction of sp³-hybridized carbons (Fsp3) is 0.231. The quantitative estimate of drug-likeness (QED) is 0.349. The SMILES string of the molecule is COc1ccc(CC(C)(C)N=CC(=O)c2ccccc2OCc2ccccc2)cc1. The zero-order chi connectivity index (χ0) is 21.4. The van der Waals surface area contributed by atoms with Crippen molar-refractivity contribution in [1.82, 2.24) is 0 Å². The number of ketones is 1. The minimum absolute atomic E-state index is 0.165. The van der Waals surface area contributed by atoms with Crippen LogP contribution < -0.4 is 9.47 Å². The van der Waals surface area contributed by atoms with E-state index in [1.54, 1.807) is 13.2 Å². The Kier molecular flexibility index (Phi) is 7.02. The molecule has 0 saturated carbocycles. The number of rotatable bonds is 9. The smallest absolute Gasteiger partial charge is 0.207 e. The molecule has 0 unspecified atom stereocenters. The Morgan fingerprint density at radius 3 is 2.27 bits per heavy atom. The largest absolute Gasteiger partial charge is 0.497 e. The van der Waals surface area contributed by atoms with Crippen LogP contribution in [-0.2, 0) is 13.0 Å². The highest BCUT2D eigenvalue weighted by molar-refractivity contribution is 6.36. The maximum Gasteiger partial charge on any atom is 0.207 e. The van der Waals surface area contributed by atoms with E-state index in [1.165, 1.54) is 6.21 Å². The van der Waals surface area contributed by atoms with E-state index in [4.69, 9.17) is 9.47 Å². The molecule has 0 N–H and O–H groups in total. The van der Waals surface area contributed by atoms with Crippen molar-refractivity contribution in [1.29, 1.82) is 0 Å². The minimum atomic E-state index is -0.413. The maximum absolute atomic E-state index is 12.8. The van der Waals surface area contributed by atoms with Gasteiger partial charge in [0.25, 0.3) is 0 Å². The molecule has 0 atom stereocenters. The van der Waals surface area contributed by atoms with Crippen LogP contribution in [0.2, 0.25) is 0 Å². The lowest BCUT2D eigenvalue weighted by molar-refractivity contribution is 0.106. The third-order valence-corrected chi connectivity index (χ3v) is 4.72. The van der Waals surface area contributed by atoms with E-state index in [1.807, 2.05) is 86.6 Å². The number of nitrogens with zero attached hydrogens (tertiary/aromatic N) is 1.